The van der Waals surface area contributed by atoms with Crippen LogP contribution in [-0.4, -0.2) is 9.97 Å². The molecule has 2 N–H and O–H groups in total. The van der Waals surface area contributed by atoms with Gasteiger partial charge in [0.15, 0.2) is 17.5 Å². The molecule has 2 aromatic rings. The normalized spacial score (nSPS) is 10.6. The van der Waals surface area contributed by atoms with Crippen LogP contribution in [-0.2, 0) is 6.42 Å². The first-order valence-electron chi connectivity index (χ1n) is 6.08. The predicted molar refractivity (Wildman–Crippen MR) is 70.5 cm³/mol. The molecule has 0 bridgehead atoms. The number of unbranched alkanes of at least 4 members (excludes halogenated alkanes) is 1. The number of halogens is 1. The van der Waals surface area contributed by atoms with Crippen molar-refractivity contribution in [3.8, 4) is 11.4 Å². The van der Waals surface area contributed by atoms with Gasteiger partial charge in [0.25, 0.3) is 0 Å². The van der Waals surface area contributed by atoms with E-state index in [1.165, 1.54) is 18.4 Å². The van der Waals surface area contributed by atoms with E-state index >= 15 is 0 Å². The summed E-state index contributed by atoms with van der Waals surface area (Å²) in [5, 5.41) is 0. The van der Waals surface area contributed by atoms with E-state index in [4.69, 9.17) is 5.73 Å². The summed E-state index contributed by atoms with van der Waals surface area (Å²) in [6.07, 6.45) is 4.53. The molecule has 0 spiro atoms. The molecule has 1 heterocycles. The van der Waals surface area contributed by atoms with E-state index in [0.717, 1.165) is 18.2 Å². The Morgan fingerprint density at radius 1 is 1.22 bits per heavy atom. The SMILES string of the molecule is CCCCc1ccc(-c2ncc(F)c(N)n2)cc1. The molecular weight excluding hydrogens is 229 g/mol. The van der Waals surface area contributed by atoms with E-state index in [1.54, 1.807) is 0 Å². The molecule has 1 aromatic heterocycles. The Balaban J connectivity index is 2.20. The van der Waals surface area contributed by atoms with E-state index in [2.05, 4.69) is 16.9 Å². The lowest BCUT2D eigenvalue weighted by Crippen LogP contribution is -1.99. The summed E-state index contributed by atoms with van der Waals surface area (Å²) >= 11 is 0. The Morgan fingerprint density at radius 2 is 1.94 bits per heavy atom. The van der Waals surface area contributed by atoms with Gasteiger partial charge in [-0.3, -0.25) is 0 Å². The van der Waals surface area contributed by atoms with Crippen molar-refractivity contribution in [2.45, 2.75) is 26.2 Å². The molecule has 0 saturated carbocycles. The molecule has 0 aliphatic carbocycles. The van der Waals surface area contributed by atoms with Crippen molar-refractivity contribution in [3.63, 3.8) is 0 Å². The highest BCUT2D eigenvalue weighted by Gasteiger charge is 2.05. The van der Waals surface area contributed by atoms with Crippen molar-refractivity contribution < 1.29 is 4.39 Å². The van der Waals surface area contributed by atoms with E-state index in [1.807, 2.05) is 24.3 Å². The maximum absolute atomic E-state index is 13.0. The van der Waals surface area contributed by atoms with Crippen LogP contribution in [0.5, 0.6) is 0 Å². The minimum atomic E-state index is -0.585. The highest BCUT2D eigenvalue weighted by molar-refractivity contribution is 5.56. The first-order chi connectivity index (χ1) is 8.70. The molecule has 0 unspecified atom stereocenters. The molecule has 0 fully saturated rings. The van der Waals surface area contributed by atoms with E-state index in [-0.39, 0.29) is 5.82 Å². The quantitative estimate of drug-likeness (QED) is 0.899. The monoisotopic (exact) mass is 245 g/mol. The topological polar surface area (TPSA) is 51.8 Å². The number of benzene rings is 1. The smallest absolute Gasteiger partial charge is 0.183 e. The van der Waals surface area contributed by atoms with Gasteiger partial charge in [0.2, 0.25) is 0 Å². The minimum absolute atomic E-state index is 0.116. The molecular formula is C14H16FN3. The number of nitrogen functional groups attached to an aromatic ring is 1. The summed E-state index contributed by atoms with van der Waals surface area (Å²) in [6, 6.07) is 7.98. The molecule has 0 aliphatic rings. The number of anilines is 1. The van der Waals surface area contributed by atoms with Crippen LogP contribution in [0.2, 0.25) is 0 Å². The maximum Gasteiger partial charge on any atom is 0.183 e. The lowest BCUT2D eigenvalue weighted by atomic mass is 10.1. The number of rotatable bonds is 4. The molecule has 0 aliphatic heterocycles. The van der Waals surface area contributed by atoms with E-state index in [9.17, 15) is 4.39 Å². The van der Waals surface area contributed by atoms with Gasteiger partial charge in [-0.1, -0.05) is 37.6 Å². The molecule has 3 nitrogen and oxygen atoms in total. The van der Waals surface area contributed by atoms with Gasteiger partial charge in [-0.05, 0) is 18.4 Å². The van der Waals surface area contributed by atoms with Crippen LogP contribution in [0.15, 0.2) is 30.5 Å². The zero-order chi connectivity index (χ0) is 13.0. The fourth-order valence-corrected chi connectivity index (χ4v) is 1.72. The van der Waals surface area contributed by atoms with E-state index < -0.39 is 5.82 Å². The van der Waals surface area contributed by atoms with Crippen molar-refractivity contribution in [2.75, 3.05) is 5.73 Å². The van der Waals surface area contributed by atoms with Crippen LogP contribution < -0.4 is 5.73 Å². The van der Waals surface area contributed by atoms with Crippen LogP contribution in [0, 0.1) is 5.82 Å². The fraction of sp³-hybridized carbons (Fsp3) is 0.286. The second-order valence-electron chi connectivity index (χ2n) is 4.23. The summed E-state index contributed by atoms with van der Waals surface area (Å²) in [5.41, 5.74) is 7.56. The van der Waals surface area contributed by atoms with Gasteiger partial charge in [-0.15, -0.1) is 0 Å². The second-order valence-corrected chi connectivity index (χ2v) is 4.23. The van der Waals surface area contributed by atoms with Crippen LogP contribution >= 0.6 is 0 Å². The Morgan fingerprint density at radius 3 is 2.56 bits per heavy atom. The van der Waals surface area contributed by atoms with Crippen LogP contribution in [0.1, 0.15) is 25.3 Å². The molecule has 0 amide bonds. The highest BCUT2D eigenvalue weighted by atomic mass is 19.1. The summed E-state index contributed by atoms with van der Waals surface area (Å²) in [5.74, 6) is -0.246. The first kappa shape index (κ1) is 12.5. The third-order valence-electron chi connectivity index (χ3n) is 2.80. The van der Waals surface area contributed by atoms with Crippen LogP contribution in [0.3, 0.4) is 0 Å². The molecule has 1 aromatic carbocycles. The Bertz CT molecular complexity index is 523. The molecule has 4 heteroatoms. The van der Waals surface area contributed by atoms with Gasteiger partial charge >= 0.3 is 0 Å². The Labute approximate surface area is 106 Å². The Hall–Kier alpha value is -1.97. The van der Waals surface area contributed by atoms with Gasteiger partial charge in [-0.2, -0.15) is 0 Å². The van der Waals surface area contributed by atoms with Crippen molar-refractivity contribution in [1.29, 1.82) is 0 Å². The van der Waals surface area contributed by atoms with Crippen molar-refractivity contribution >= 4 is 5.82 Å². The van der Waals surface area contributed by atoms with Crippen molar-refractivity contribution in [2.24, 2.45) is 0 Å². The van der Waals surface area contributed by atoms with Crippen LogP contribution in [0.25, 0.3) is 11.4 Å². The van der Waals surface area contributed by atoms with Crippen LogP contribution in [0.4, 0.5) is 10.2 Å². The largest absolute Gasteiger partial charge is 0.381 e. The summed E-state index contributed by atoms with van der Waals surface area (Å²) in [7, 11) is 0. The average molecular weight is 245 g/mol. The lowest BCUT2D eigenvalue weighted by Gasteiger charge is -2.04. The molecule has 0 radical (unpaired) electrons. The third-order valence-corrected chi connectivity index (χ3v) is 2.80. The van der Waals surface area contributed by atoms with Gasteiger partial charge in [0, 0.05) is 5.56 Å². The molecule has 18 heavy (non-hydrogen) atoms. The molecule has 0 atom stereocenters. The third kappa shape index (κ3) is 2.83. The van der Waals surface area contributed by atoms with Gasteiger partial charge < -0.3 is 5.73 Å². The fourth-order valence-electron chi connectivity index (χ4n) is 1.72. The summed E-state index contributed by atoms with van der Waals surface area (Å²) in [4.78, 5) is 7.86. The second kappa shape index (κ2) is 5.58. The van der Waals surface area contributed by atoms with Gasteiger partial charge in [0.05, 0.1) is 6.20 Å². The average Bonchev–Trinajstić information content (AvgIpc) is 2.40. The molecule has 0 saturated heterocycles. The number of hydrogen-bond acceptors (Lipinski definition) is 3. The number of hydrogen-bond donors (Lipinski definition) is 1. The summed E-state index contributed by atoms with van der Waals surface area (Å²) in [6.45, 7) is 2.17. The number of nitrogens with zero attached hydrogens (tertiary/aromatic N) is 2. The minimum Gasteiger partial charge on any atom is -0.381 e. The number of aryl methyl sites for hydroxylation is 1. The first-order valence-corrected chi connectivity index (χ1v) is 6.08. The Kier molecular flexibility index (Phi) is 3.87. The zero-order valence-electron chi connectivity index (χ0n) is 10.4. The van der Waals surface area contributed by atoms with Gasteiger partial charge in [-0.25, -0.2) is 14.4 Å². The maximum atomic E-state index is 13.0. The highest BCUT2D eigenvalue weighted by Crippen LogP contribution is 2.18. The van der Waals surface area contributed by atoms with Crippen molar-refractivity contribution in [3.05, 3.63) is 41.8 Å². The molecule has 94 valence electrons. The van der Waals surface area contributed by atoms with Gasteiger partial charge in [0.1, 0.15) is 0 Å². The predicted octanol–water partition coefficient (Wildman–Crippen LogP) is 3.21. The summed E-state index contributed by atoms with van der Waals surface area (Å²) < 4.78 is 13.0. The lowest BCUT2D eigenvalue weighted by molar-refractivity contribution is 0.620. The standard InChI is InChI=1S/C14H16FN3/c1-2-3-4-10-5-7-11(8-6-10)14-17-9-12(15)13(16)18-14/h5-9H,2-4H2,1H3,(H2,16,17,18). The van der Waals surface area contributed by atoms with Crippen molar-refractivity contribution in [1.82, 2.24) is 9.97 Å². The van der Waals surface area contributed by atoms with E-state index in [0.29, 0.717) is 5.82 Å². The molecule has 2 rings (SSSR count). The number of nitrogens with two attached hydrogens (primary N) is 1. The zero-order valence-corrected chi connectivity index (χ0v) is 10.4. The number of aromatic nitrogens is 2.